The highest BCUT2D eigenvalue weighted by atomic mass is 19.1. The van der Waals surface area contributed by atoms with Gasteiger partial charge in [-0.2, -0.15) is 0 Å². The molecule has 3 aliphatic rings. The Morgan fingerprint density at radius 2 is 1.86 bits per heavy atom. The number of nitrogens with zero attached hydrogens (tertiary/aromatic N) is 3. The number of β-amino-alcohol motifs (C(OH)–C–C–N with tert-alkyl or cyclic N) is 1. The fourth-order valence-corrected chi connectivity index (χ4v) is 6.57. The first kappa shape index (κ1) is 24.3. The molecule has 0 amide bonds. The summed E-state index contributed by atoms with van der Waals surface area (Å²) < 4.78 is 33.0. The fourth-order valence-electron chi connectivity index (χ4n) is 6.57. The van der Waals surface area contributed by atoms with Gasteiger partial charge >= 0.3 is 0 Å². The van der Waals surface area contributed by atoms with Crippen LogP contribution in [0.1, 0.15) is 37.3 Å². The van der Waals surface area contributed by atoms with Crippen LogP contribution < -0.4 is 4.90 Å². The minimum absolute atomic E-state index is 0.121. The number of allylic oxidation sites excluding steroid dienone is 1. The van der Waals surface area contributed by atoms with E-state index >= 15 is 0 Å². The quantitative estimate of drug-likeness (QED) is 0.496. The van der Waals surface area contributed by atoms with Gasteiger partial charge in [-0.05, 0) is 60.9 Å². The predicted molar refractivity (Wildman–Crippen MR) is 140 cm³/mol. The van der Waals surface area contributed by atoms with Crippen LogP contribution in [-0.4, -0.2) is 53.8 Å². The van der Waals surface area contributed by atoms with Gasteiger partial charge in [0, 0.05) is 43.2 Å². The number of oxazole rings is 1. The summed E-state index contributed by atoms with van der Waals surface area (Å²) in [5.41, 5.74) is 3.24. The van der Waals surface area contributed by atoms with Gasteiger partial charge in [-0.15, -0.1) is 0 Å². The van der Waals surface area contributed by atoms with Crippen molar-refractivity contribution in [3.63, 3.8) is 0 Å². The number of anilines is 1. The second-order valence-corrected chi connectivity index (χ2v) is 10.9. The lowest BCUT2D eigenvalue weighted by Gasteiger charge is -2.45. The van der Waals surface area contributed by atoms with Crippen molar-refractivity contribution in [2.75, 3.05) is 37.6 Å². The second kappa shape index (κ2) is 9.69. The number of aromatic nitrogens is 1. The minimum atomic E-state index is -0.648. The molecule has 2 saturated heterocycles. The molecule has 2 fully saturated rings. The minimum Gasteiger partial charge on any atom is -0.423 e. The van der Waals surface area contributed by atoms with Crippen LogP contribution in [0.25, 0.3) is 17.4 Å². The van der Waals surface area contributed by atoms with Gasteiger partial charge in [0.25, 0.3) is 6.01 Å². The summed E-state index contributed by atoms with van der Waals surface area (Å²) in [5, 5.41) is 11.1. The first-order chi connectivity index (χ1) is 17.9. The van der Waals surface area contributed by atoms with Crippen molar-refractivity contribution >= 4 is 12.1 Å². The molecule has 7 heteroatoms. The molecule has 1 aromatic heterocycles. The van der Waals surface area contributed by atoms with Crippen molar-refractivity contribution < 1.29 is 18.3 Å². The number of piperidine rings is 2. The van der Waals surface area contributed by atoms with Crippen LogP contribution >= 0.6 is 0 Å². The topological polar surface area (TPSA) is 52.7 Å². The van der Waals surface area contributed by atoms with Crippen LogP contribution in [-0.2, 0) is 5.41 Å². The summed E-state index contributed by atoms with van der Waals surface area (Å²) in [6.45, 7) is 6.45. The molecule has 3 aromatic rings. The third-order valence-corrected chi connectivity index (χ3v) is 8.72. The summed E-state index contributed by atoms with van der Waals surface area (Å²) in [4.78, 5) is 8.81. The summed E-state index contributed by atoms with van der Waals surface area (Å²) in [6.07, 6.45) is 8.59. The van der Waals surface area contributed by atoms with Gasteiger partial charge in [0.15, 0.2) is 5.76 Å². The van der Waals surface area contributed by atoms with Crippen molar-refractivity contribution in [2.45, 2.75) is 37.7 Å². The predicted octanol–water partition coefficient (Wildman–Crippen LogP) is 5.50. The summed E-state index contributed by atoms with van der Waals surface area (Å²) >= 11 is 0. The first-order valence-corrected chi connectivity index (χ1v) is 13.3. The molecule has 6 rings (SSSR count). The van der Waals surface area contributed by atoms with E-state index in [0.717, 1.165) is 51.5 Å². The molecule has 3 atom stereocenters. The lowest BCUT2D eigenvalue weighted by molar-refractivity contribution is 0.0285. The van der Waals surface area contributed by atoms with Crippen molar-refractivity contribution in [1.82, 2.24) is 9.88 Å². The van der Waals surface area contributed by atoms with E-state index in [-0.39, 0.29) is 17.4 Å². The van der Waals surface area contributed by atoms with Crippen LogP contribution in [0.3, 0.4) is 0 Å². The Bertz CT molecular complexity index is 1280. The second-order valence-electron chi connectivity index (χ2n) is 10.9. The molecule has 3 heterocycles. The molecule has 0 saturated carbocycles. The number of likely N-dealkylation sites (tertiary alicyclic amines) is 1. The Labute approximate surface area is 216 Å². The number of hydrogen-bond acceptors (Lipinski definition) is 5. The molecular formula is C30H33F2N3O2. The molecule has 0 bridgehead atoms. The monoisotopic (exact) mass is 505 g/mol. The van der Waals surface area contributed by atoms with E-state index in [1.54, 1.807) is 0 Å². The highest BCUT2D eigenvalue weighted by Gasteiger charge is 2.43. The maximum Gasteiger partial charge on any atom is 0.297 e. The summed E-state index contributed by atoms with van der Waals surface area (Å²) in [5.74, 6) is -0.245. The molecule has 194 valence electrons. The smallest absolute Gasteiger partial charge is 0.297 e. The fraction of sp³-hybridized carbons (Fsp3) is 0.433. The van der Waals surface area contributed by atoms with E-state index in [4.69, 9.17) is 4.42 Å². The van der Waals surface area contributed by atoms with Gasteiger partial charge < -0.3 is 19.3 Å². The highest BCUT2D eigenvalue weighted by molar-refractivity contribution is 5.65. The standard InChI is InChI=1S/C30H33F2N3O2/c1-20-18-34(13-10-30(20)9-6-21-4-2-3-5-26(21)30)19-27(36)22-7-11-35(12-8-22)29-33-17-28(37-29)23-14-24(31)16-25(32)15-23/h2-6,9,14-17,20,22,27,36H,7-8,10-13,18-19H2,1H3. The number of halogens is 2. The lowest BCUT2D eigenvalue weighted by atomic mass is 9.68. The highest BCUT2D eigenvalue weighted by Crippen LogP contribution is 2.46. The zero-order chi connectivity index (χ0) is 25.6. The zero-order valence-electron chi connectivity index (χ0n) is 21.1. The third kappa shape index (κ3) is 4.59. The number of rotatable bonds is 5. The van der Waals surface area contributed by atoms with Gasteiger partial charge in [0.2, 0.25) is 0 Å². The van der Waals surface area contributed by atoms with Crippen LogP contribution in [0.2, 0.25) is 0 Å². The average molecular weight is 506 g/mol. The number of benzene rings is 2. The maximum absolute atomic E-state index is 13.6. The van der Waals surface area contributed by atoms with E-state index in [1.807, 2.05) is 4.90 Å². The molecule has 1 N–H and O–H groups in total. The molecule has 1 aliphatic carbocycles. The Morgan fingerprint density at radius 3 is 2.62 bits per heavy atom. The third-order valence-electron chi connectivity index (χ3n) is 8.72. The normalized spacial score (nSPS) is 25.1. The molecule has 0 radical (unpaired) electrons. The Balaban J connectivity index is 1.03. The summed E-state index contributed by atoms with van der Waals surface area (Å²) in [6, 6.07) is 12.5. The molecule has 1 spiro atoms. The number of fused-ring (bicyclic) bond motifs is 2. The average Bonchev–Trinajstić information content (AvgIpc) is 3.53. The molecule has 5 nitrogen and oxygen atoms in total. The number of aliphatic hydroxyl groups is 1. The zero-order valence-corrected chi connectivity index (χ0v) is 21.1. The molecule has 37 heavy (non-hydrogen) atoms. The maximum atomic E-state index is 13.6. The van der Waals surface area contributed by atoms with Gasteiger partial charge in [-0.25, -0.2) is 13.8 Å². The largest absolute Gasteiger partial charge is 0.423 e. The number of aliphatic hydroxyl groups excluding tert-OH is 1. The van der Waals surface area contributed by atoms with E-state index in [9.17, 15) is 13.9 Å². The van der Waals surface area contributed by atoms with Crippen molar-refractivity contribution in [3.8, 4) is 11.3 Å². The van der Waals surface area contributed by atoms with Crippen LogP contribution in [0.4, 0.5) is 14.8 Å². The van der Waals surface area contributed by atoms with Gasteiger partial charge in [0.1, 0.15) is 11.6 Å². The van der Waals surface area contributed by atoms with E-state index < -0.39 is 11.6 Å². The Kier molecular flexibility index (Phi) is 6.37. The lowest BCUT2D eigenvalue weighted by Crippen LogP contribution is -2.50. The Hall–Kier alpha value is -3.03. The van der Waals surface area contributed by atoms with Gasteiger partial charge in [-0.3, -0.25) is 0 Å². The Morgan fingerprint density at radius 1 is 1.11 bits per heavy atom. The van der Waals surface area contributed by atoms with E-state index in [1.165, 1.54) is 29.5 Å². The van der Waals surface area contributed by atoms with Gasteiger partial charge in [-0.1, -0.05) is 43.3 Å². The summed E-state index contributed by atoms with van der Waals surface area (Å²) in [7, 11) is 0. The van der Waals surface area contributed by atoms with Crippen LogP contribution in [0.15, 0.2) is 59.2 Å². The van der Waals surface area contributed by atoms with Gasteiger partial charge in [0.05, 0.1) is 12.3 Å². The molecular weight excluding hydrogens is 472 g/mol. The first-order valence-electron chi connectivity index (χ1n) is 13.3. The van der Waals surface area contributed by atoms with Crippen molar-refractivity contribution in [3.05, 3.63) is 77.5 Å². The van der Waals surface area contributed by atoms with Crippen molar-refractivity contribution in [2.24, 2.45) is 11.8 Å². The van der Waals surface area contributed by atoms with Crippen LogP contribution in [0, 0.1) is 23.5 Å². The number of hydrogen-bond donors (Lipinski definition) is 1. The van der Waals surface area contributed by atoms with Crippen LogP contribution in [0.5, 0.6) is 0 Å². The SMILES string of the molecule is CC1CN(CC(O)C2CCN(c3ncc(-c4cc(F)cc(F)c4)o3)CC2)CCC12C=Cc1ccccc12. The molecule has 2 aromatic carbocycles. The van der Waals surface area contributed by atoms with E-state index in [2.05, 4.69) is 53.2 Å². The van der Waals surface area contributed by atoms with Crippen molar-refractivity contribution in [1.29, 1.82) is 0 Å². The molecule has 2 aliphatic heterocycles. The van der Waals surface area contributed by atoms with E-state index in [0.29, 0.717) is 29.8 Å². The molecule has 3 unspecified atom stereocenters.